The summed E-state index contributed by atoms with van der Waals surface area (Å²) >= 11 is 0. The van der Waals surface area contributed by atoms with Gasteiger partial charge in [-0.3, -0.25) is 0 Å². The van der Waals surface area contributed by atoms with Gasteiger partial charge in [-0.15, -0.1) is 6.42 Å². The van der Waals surface area contributed by atoms with Crippen molar-refractivity contribution in [3.63, 3.8) is 0 Å². The minimum Gasteiger partial charge on any atom is -0.465 e. The van der Waals surface area contributed by atoms with Crippen molar-refractivity contribution in [2.75, 3.05) is 6.54 Å². The Bertz CT molecular complexity index is 692. The van der Waals surface area contributed by atoms with Crippen LogP contribution in [0.4, 0.5) is 13.6 Å². The molecule has 1 aromatic rings. The maximum Gasteiger partial charge on any atom is 0.407 e. The van der Waals surface area contributed by atoms with Gasteiger partial charge in [0, 0.05) is 6.54 Å². The van der Waals surface area contributed by atoms with E-state index >= 15 is 0 Å². The molecular formula is C18H21F2NO3. The number of aliphatic hydroxyl groups is 1. The van der Waals surface area contributed by atoms with E-state index in [1.807, 2.05) is 20.8 Å². The van der Waals surface area contributed by atoms with Crippen molar-refractivity contribution in [2.24, 2.45) is 11.3 Å². The van der Waals surface area contributed by atoms with Gasteiger partial charge in [0.15, 0.2) is 11.6 Å². The van der Waals surface area contributed by atoms with Crippen molar-refractivity contribution in [3.05, 3.63) is 35.4 Å². The van der Waals surface area contributed by atoms with E-state index in [9.17, 15) is 23.8 Å². The summed E-state index contributed by atoms with van der Waals surface area (Å²) in [4.78, 5) is 12.8. The fourth-order valence-corrected chi connectivity index (χ4v) is 3.53. The highest BCUT2D eigenvalue weighted by Gasteiger charge is 2.53. The molecule has 3 atom stereocenters. The molecule has 0 saturated carbocycles. The van der Waals surface area contributed by atoms with E-state index in [-0.39, 0.29) is 18.5 Å². The first-order valence-corrected chi connectivity index (χ1v) is 7.66. The number of hydrogen-bond acceptors (Lipinski definition) is 2. The molecule has 1 amide bonds. The van der Waals surface area contributed by atoms with Crippen LogP contribution in [0.2, 0.25) is 0 Å². The molecule has 0 bridgehead atoms. The average Bonchev–Trinajstić information content (AvgIpc) is 2.48. The quantitative estimate of drug-likeness (QED) is 0.774. The molecule has 1 aromatic carbocycles. The van der Waals surface area contributed by atoms with Crippen LogP contribution in [0.25, 0.3) is 0 Å². The molecule has 4 nitrogen and oxygen atoms in total. The lowest BCUT2D eigenvalue weighted by Crippen LogP contribution is -2.61. The lowest BCUT2D eigenvalue weighted by molar-refractivity contribution is -0.101. The maximum absolute atomic E-state index is 13.6. The number of carboxylic acid groups (broad SMARTS) is 1. The summed E-state index contributed by atoms with van der Waals surface area (Å²) in [7, 11) is 0. The zero-order valence-corrected chi connectivity index (χ0v) is 13.9. The topological polar surface area (TPSA) is 60.8 Å². The molecular weight excluding hydrogens is 316 g/mol. The highest BCUT2D eigenvalue weighted by molar-refractivity contribution is 5.66. The second-order valence-corrected chi connectivity index (χ2v) is 7.23. The summed E-state index contributed by atoms with van der Waals surface area (Å²) < 4.78 is 26.8. The Kier molecular flexibility index (Phi) is 4.60. The molecule has 1 aliphatic rings. The molecule has 1 aliphatic heterocycles. The predicted molar refractivity (Wildman–Crippen MR) is 85.2 cm³/mol. The number of rotatable bonds is 1. The van der Waals surface area contributed by atoms with Crippen LogP contribution in [0, 0.1) is 35.3 Å². The molecule has 2 rings (SSSR count). The van der Waals surface area contributed by atoms with Gasteiger partial charge in [-0.25, -0.2) is 13.6 Å². The van der Waals surface area contributed by atoms with Gasteiger partial charge in [-0.05, 0) is 29.5 Å². The molecule has 1 saturated heterocycles. The number of likely N-dealkylation sites (tertiary alicyclic amines) is 1. The molecule has 0 radical (unpaired) electrons. The molecule has 1 unspecified atom stereocenters. The van der Waals surface area contributed by atoms with E-state index in [0.717, 1.165) is 12.1 Å². The third-order valence-corrected chi connectivity index (χ3v) is 4.63. The van der Waals surface area contributed by atoms with E-state index in [1.54, 1.807) is 0 Å². The Labute approximate surface area is 140 Å². The molecule has 0 aliphatic carbocycles. The summed E-state index contributed by atoms with van der Waals surface area (Å²) in [6.45, 7) is 5.53. The largest absolute Gasteiger partial charge is 0.465 e. The van der Waals surface area contributed by atoms with Crippen LogP contribution >= 0.6 is 0 Å². The normalized spacial score (nSPS) is 27.6. The molecule has 0 aromatic heterocycles. The molecule has 6 heteroatoms. The van der Waals surface area contributed by atoms with Crippen LogP contribution in [0.3, 0.4) is 0 Å². The Morgan fingerprint density at radius 3 is 2.46 bits per heavy atom. The minimum atomic E-state index is -1.63. The summed E-state index contributed by atoms with van der Waals surface area (Å²) in [5.74, 6) is -0.496. The van der Waals surface area contributed by atoms with Gasteiger partial charge >= 0.3 is 6.09 Å². The standard InChI is InChI=1S/C18H21F2NO3/c1-5-12-15(17(2,3)4)21(16(22)23)9-8-18(12,24)11-6-7-13(19)14(20)10-11/h1,6-7,10,12,15,24H,8-9H2,2-4H3,(H,22,23)/t12-,15?,18-/m0/s1. The van der Waals surface area contributed by atoms with Gasteiger partial charge < -0.3 is 15.1 Å². The maximum atomic E-state index is 13.6. The number of nitrogens with zero attached hydrogens (tertiary/aromatic N) is 1. The molecule has 2 N–H and O–H groups in total. The third kappa shape index (κ3) is 2.96. The second kappa shape index (κ2) is 6.06. The predicted octanol–water partition coefficient (Wildman–Crippen LogP) is 3.20. The van der Waals surface area contributed by atoms with Gasteiger partial charge in [0.05, 0.1) is 12.0 Å². The zero-order chi connectivity index (χ0) is 18.3. The van der Waals surface area contributed by atoms with Gasteiger partial charge in [0.25, 0.3) is 0 Å². The van der Waals surface area contributed by atoms with Gasteiger partial charge in [0.1, 0.15) is 5.60 Å². The summed E-state index contributed by atoms with van der Waals surface area (Å²) in [6.07, 6.45) is 4.52. The minimum absolute atomic E-state index is 0.00577. The molecule has 1 heterocycles. The van der Waals surface area contributed by atoms with E-state index in [4.69, 9.17) is 6.42 Å². The smallest absolute Gasteiger partial charge is 0.407 e. The number of hydrogen-bond donors (Lipinski definition) is 2. The Balaban J connectivity index is 2.57. The lowest BCUT2D eigenvalue weighted by Gasteiger charge is -2.52. The van der Waals surface area contributed by atoms with E-state index in [0.29, 0.717) is 0 Å². The summed E-state index contributed by atoms with van der Waals surface area (Å²) in [5, 5.41) is 20.7. The highest BCUT2D eigenvalue weighted by Crippen LogP contribution is 2.46. The van der Waals surface area contributed by atoms with Crippen molar-refractivity contribution in [3.8, 4) is 12.3 Å². The first kappa shape index (κ1) is 18.2. The molecule has 130 valence electrons. The van der Waals surface area contributed by atoms with Crippen LogP contribution < -0.4 is 0 Å². The number of carbonyl (C=O) groups is 1. The lowest BCUT2D eigenvalue weighted by atomic mass is 9.65. The number of piperidine rings is 1. The van der Waals surface area contributed by atoms with Crippen LogP contribution in [0.15, 0.2) is 18.2 Å². The van der Waals surface area contributed by atoms with E-state index in [1.165, 1.54) is 11.0 Å². The first-order valence-electron chi connectivity index (χ1n) is 7.66. The highest BCUT2D eigenvalue weighted by atomic mass is 19.2. The Morgan fingerprint density at radius 2 is 2.00 bits per heavy atom. The summed E-state index contributed by atoms with van der Waals surface area (Å²) in [5.41, 5.74) is -2.03. The number of amides is 1. The van der Waals surface area contributed by atoms with Gasteiger partial charge in [-0.2, -0.15) is 0 Å². The van der Waals surface area contributed by atoms with Crippen LogP contribution in [0.5, 0.6) is 0 Å². The second-order valence-electron chi connectivity index (χ2n) is 7.23. The van der Waals surface area contributed by atoms with E-state index < -0.39 is 40.7 Å². The van der Waals surface area contributed by atoms with Crippen molar-refractivity contribution in [1.82, 2.24) is 4.90 Å². The average molecular weight is 337 g/mol. The van der Waals surface area contributed by atoms with Crippen LogP contribution in [0.1, 0.15) is 32.8 Å². The van der Waals surface area contributed by atoms with E-state index in [2.05, 4.69) is 5.92 Å². The van der Waals surface area contributed by atoms with Crippen LogP contribution in [-0.4, -0.2) is 33.8 Å². The van der Waals surface area contributed by atoms with Crippen LogP contribution in [-0.2, 0) is 5.60 Å². The molecule has 1 fully saturated rings. The first-order chi connectivity index (χ1) is 11.0. The third-order valence-electron chi connectivity index (χ3n) is 4.63. The fourth-order valence-electron chi connectivity index (χ4n) is 3.53. The Hall–Kier alpha value is -2.13. The van der Waals surface area contributed by atoms with Gasteiger partial charge in [-0.1, -0.05) is 32.8 Å². The van der Waals surface area contributed by atoms with Crippen molar-refractivity contribution in [1.29, 1.82) is 0 Å². The fraction of sp³-hybridized carbons (Fsp3) is 0.500. The Morgan fingerprint density at radius 1 is 1.38 bits per heavy atom. The van der Waals surface area contributed by atoms with Crippen molar-refractivity contribution >= 4 is 6.09 Å². The number of halogens is 2. The van der Waals surface area contributed by atoms with Crippen molar-refractivity contribution < 1.29 is 23.8 Å². The SMILES string of the molecule is C#C[C@H]1C(C(C)(C)C)N(C(=O)O)CC[C@]1(O)c1ccc(F)c(F)c1. The molecule has 0 spiro atoms. The number of terminal acetylenes is 1. The monoisotopic (exact) mass is 337 g/mol. The summed E-state index contributed by atoms with van der Waals surface area (Å²) in [6, 6.07) is 2.48. The number of benzene rings is 1. The molecule has 24 heavy (non-hydrogen) atoms. The van der Waals surface area contributed by atoms with Crippen molar-refractivity contribution in [2.45, 2.75) is 38.8 Å². The van der Waals surface area contributed by atoms with Gasteiger partial charge in [0.2, 0.25) is 0 Å². The zero-order valence-electron chi connectivity index (χ0n) is 13.9.